The molecule has 7 heteroatoms. The molecule has 1 aliphatic rings. The first-order valence-corrected chi connectivity index (χ1v) is 8.21. The molecule has 7 nitrogen and oxygen atoms in total. The van der Waals surface area contributed by atoms with Gasteiger partial charge in [-0.15, -0.1) is 0 Å². The summed E-state index contributed by atoms with van der Waals surface area (Å²) in [5.41, 5.74) is 7.05. The summed E-state index contributed by atoms with van der Waals surface area (Å²) >= 11 is 0. The first-order valence-electron chi connectivity index (χ1n) is 8.21. The summed E-state index contributed by atoms with van der Waals surface area (Å²) in [5.74, 6) is 1.40. The Morgan fingerprint density at radius 1 is 1.36 bits per heavy atom. The van der Waals surface area contributed by atoms with Crippen LogP contribution in [0.4, 0.5) is 0 Å². The fourth-order valence-corrected chi connectivity index (χ4v) is 2.65. The van der Waals surface area contributed by atoms with Crippen molar-refractivity contribution >= 4 is 11.9 Å². The zero-order valence-electron chi connectivity index (χ0n) is 14.0. The van der Waals surface area contributed by atoms with Crippen LogP contribution in [0.5, 0.6) is 5.75 Å². The van der Waals surface area contributed by atoms with E-state index in [0.717, 1.165) is 17.7 Å². The molecular formula is C18H21N3O4. The lowest BCUT2D eigenvalue weighted by atomic mass is 10.0. The fourth-order valence-electron chi connectivity index (χ4n) is 2.65. The molecule has 0 bridgehead atoms. The summed E-state index contributed by atoms with van der Waals surface area (Å²) in [7, 11) is 0. The van der Waals surface area contributed by atoms with Crippen LogP contribution in [-0.2, 0) is 11.3 Å². The second kappa shape index (κ2) is 7.74. The molecule has 3 N–H and O–H groups in total. The van der Waals surface area contributed by atoms with Gasteiger partial charge in [0.25, 0.3) is 0 Å². The Kier molecular flexibility index (Phi) is 5.23. The number of nitrogens with one attached hydrogen (secondary N) is 1. The maximum atomic E-state index is 11.6. The van der Waals surface area contributed by atoms with Gasteiger partial charge in [0.1, 0.15) is 18.1 Å². The number of carbonyl (C=O) groups is 1. The van der Waals surface area contributed by atoms with Gasteiger partial charge in [-0.1, -0.05) is 18.2 Å². The average molecular weight is 343 g/mol. The molecule has 1 aromatic carbocycles. The molecule has 132 valence electrons. The van der Waals surface area contributed by atoms with Gasteiger partial charge in [-0.25, -0.2) is 9.79 Å². The van der Waals surface area contributed by atoms with Crippen LogP contribution >= 0.6 is 0 Å². The van der Waals surface area contributed by atoms with Crippen LogP contribution in [0.3, 0.4) is 0 Å². The van der Waals surface area contributed by atoms with Gasteiger partial charge in [0.15, 0.2) is 5.96 Å². The molecule has 0 saturated carbocycles. The molecule has 2 aromatic rings. The Hall–Kier alpha value is -2.96. The third-order valence-electron chi connectivity index (χ3n) is 3.82. The minimum atomic E-state index is -0.484. The number of esters is 1. The first kappa shape index (κ1) is 16.9. The number of carbonyl (C=O) groups excluding carboxylic acids is 1. The predicted octanol–water partition coefficient (Wildman–Crippen LogP) is 2.38. The van der Waals surface area contributed by atoms with Crippen LogP contribution in [0.1, 0.15) is 41.3 Å². The number of hydrogen-bond acceptors (Lipinski definition) is 5. The molecule has 1 unspecified atom stereocenters. The van der Waals surface area contributed by atoms with E-state index >= 15 is 0 Å². The summed E-state index contributed by atoms with van der Waals surface area (Å²) in [5, 5.41) is 3.21. The number of benzene rings is 1. The quantitative estimate of drug-likeness (QED) is 0.491. The highest BCUT2D eigenvalue weighted by Crippen LogP contribution is 2.31. The van der Waals surface area contributed by atoms with E-state index < -0.39 is 5.97 Å². The molecule has 0 aliphatic carbocycles. The summed E-state index contributed by atoms with van der Waals surface area (Å²) in [4.78, 5) is 15.9. The lowest BCUT2D eigenvalue weighted by Gasteiger charge is -2.26. The second-order valence-electron chi connectivity index (χ2n) is 5.56. The average Bonchev–Trinajstić information content (AvgIpc) is 3.10. The van der Waals surface area contributed by atoms with Gasteiger partial charge >= 0.3 is 5.97 Å². The number of hydrogen-bond donors (Lipinski definition) is 2. The minimum Gasteiger partial charge on any atom is -0.493 e. The molecule has 1 atom stereocenters. The SMILES string of the molecule is CCOC(=O)c1ccc(CN=C(N)NC2CCOc3ccccc32)o1. The number of rotatable bonds is 5. The number of ether oxygens (including phenoxy) is 2. The van der Waals surface area contributed by atoms with Crippen LogP contribution in [0.15, 0.2) is 45.8 Å². The third kappa shape index (κ3) is 4.12. The predicted molar refractivity (Wildman–Crippen MR) is 92.4 cm³/mol. The topological polar surface area (TPSA) is 99.1 Å². The van der Waals surface area contributed by atoms with Crippen molar-refractivity contribution in [3.05, 3.63) is 53.5 Å². The van der Waals surface area contributed by atoms with Crippen molar-refractivity contribution in [1.82, 2.24) is 5.32 Å². The summed E-state index contributed by atoms with van der Waals surface area (Å²) in [6.45, 7) is 2.91. The molecule has 0 saturated heterocycles. The monoisotopic (exact) mass is 343 g/mol. The molecule has 0 radical (unpaired) electrons. The van der Waals surface area contributed by atoms with Crippen molar-refractivity contribution < 1.29 is 18.7 Å². The van der Waals surface area contributed by atoms with Gasteiger partial charge in [0.05, 0.1) is 19.3 Å². The Morgan fingerprint density at radius 3 is 3.04 bits per heavy atom. The van der Waals surface area contributed by atoms with Gasteiger partial charge < -0.3 is 24.9 Å². The highest BCUT2D eigenvalue weighted by Gasteiger charge is 2.21. The van der Waals surface area contributed by atoms with Gasteiger partial charge in [-0.05, 0) is 25.1 Å². The number of nitrogens with two attached hydrogens (primary N) is 1. The smallest absolute Gasteiger partial charge is 0.374 e. The lowest BCUT2D eigenvalue weighted by molar-refractivity contribution is 0.0488. The van der Waals surface area contributed by atoms with Crippen LogP contribution in [0, 0.1) is 0 Å². The number of guanidine groups is 1. The number of para-hydroxylation sites is 1. The zero-order valence-corrected chi connectivity index (χ0v) is 14.0. The van der Waals surface area contributed by atoms with Gasteiger partial charge in [0.2, 0.25) is 5.76 Å². The molecule has 0 amide bonds. The van der Waals surface area contributed by atoms with E-state index in [2.05, 4.69) is 10.3 Å². The van der Waals surface area contributed by atoms with E-state index in [9.17, 15) is 4.79 Å². The minimum absolute atomic E-state index is 0.0559. The van der Waals surface area contributed by atoms with Crippen molar-refractivity contribution in [2.45, 2.75) is 25.9 Å². The molecular weight excluding hydrogens is 322 g/mol. The maximum absolute atomic E-state index is 11.6. The van der Waals surface area contributed by atoms with Crippen molar-refractivity contribution in [1.29, 1.82) is 0 Å². The standard InChI is InChI=1S/C18H21N3O4/c1-2-23-17(22)16-8-7-12(25-16)11-20-18(19)21-14-9-10-24-15-6-4-3-5-13(14)15/h3-8,14H,2,9-11H2,1H3,(H3,19,20,21). The number of aliphatic imine (C=N–C) groups is 1. The third-order valence-corrected chi connectivity index (χ3v) is 3.82. The molecule has 2 heterocycles. The van der Waals surface area contributed by atoms with Crippen molar-refractivity contribution in [2.24, 2.45) is 10.7 Å². The Morgan fingerprint density at radius 2 is 2.20 bits per heavy atom. The summed E-state index contributed by atoms with van der Waals surface area (Å²) in [6.07, 6.45) is 0.807. The number of nitrogens with zero attached hydrogens (tertiary/aromatic N) is 1. The first-order chi connectivity index (χ1) is 12.2. The van der Waals surface area contributed by atoms with E-state index in [1.165, 1.54) is 0 Å². The highest BCUT2D eigenvalue weighted by molar-refractivity contribution is 5.86. The molecule has 0 spiro atoms. The molecule has 1 aliphatic heterocycles. The Labute approximate surface area is 145 Å². The van der Waals surface area contributed by atoms with Crippen molar-refractivity contribution in [2.75, 3.05) is 13.2 Å². The zero-order chi connectivity index (χ0) is 17.6. The van der Waals surface area contributed by atoms with E-state index in [4.69, 9.17) is 19.6 Å². The van der Waals surface area contributed by atoms with E-state index in [1.807, 2.05) is 24.3 Å². The molecule has 3 rings (SSSR count). The van der Waals surface area contributed by atoms with Crippen molar-refractivity contribution in [3.63, 3.8) is 0 Å². The van der Waals surface area contributed by atoms with Gasteiger partial charge in [-0.2, -0.15) is 0 Å². The molecule has 1 aromatic heterocycles. The summed E-state index contributed by atoms with van der Waals surface area (Å²) < 4.78 is 15.9. The largest absolute Gasteiger partial charge is 0.493 e. The maximum Gasteiger partial charge on any atom is 0.374 e. The second-order valence-corrected chi connectivity index (χ2v) is 5.56. The van der Waals surface area contributed by atoms with Crippen LogP contribution < -0.4 is 15.8 Å². The van der Waals surface area contributed by atoms with E-state index in [-0.39, 0.29) is 18.3 Å². The Balaban J connectivity index is 1.61. The lowest BCUT2D eigenvalue weighted by Crippen LogP contribution is -2.37. The number of furan rings is 1. The van der Waals surface area contributed by atoms with Crippen LogP contribution in [0.2, 0.25) is 0 Å². The highest BCUT2D eigenvalue weighted by atomic mass is 16.5. The Bertz CT molecular complexity index is 769. The van der Waals surface area contributed by atoms with Crippen molar-refractivity contribution in [3.8, 4) is 5.75 Å². The van der Waals surface area contributed by atoms with Gasteiger partial charge in [-0.3, -0.25) is 0 Å². The fraction of sp³-hybridized carbons (Fsp3) is 0.333. The van der Waals surface area contributed by atoms with E-state index in [1.54, 1.807) is 19.1 Å². The van der Waals surface area contributed by atoms with E-state index in [0.29, 0.717) is 24.9 Å². The molecule has 0 fully saturated rings. The normalized spacial score (nSPS) is 16.7. The molecule has 25 heavy (non-hydrogen) atoms. The summed E-state index contributed by atoms with van der Waals surface area (Å²) in [6, 6.07) is 11.2. The number of fused-ring (bicyclic) bond motifs is 1. The van der Waals surface area contributed by atoms with Gasteiger partial charge in [0, 0.05) is 12.0 Å². The van der Waals surface area contributed by atoms with Crippen LogP contribution in [0.25, 0.3) is 0 Å². The van der Waals surface area contributed by atoms with Crippen LogP contribution in [-0.4, -0.2) is 25.1 Å².